The van der Waals surface area contributed by atoms with E-state index in [2.05, 4.69) is 26.6 Å². The molecule has 0 aromatic rings. The van der Waals surface area contributed by atoms with E-state index in [9.17, 15) is 156 Å². The lowest BCUT2D eigenvalue weighted by Gasteiger charge is -2.51. The van der Waals surface area contributed by atoms with Crippen molar-refractivity contribution in [1.82, 2.24) is 26.6 Å². The molecule has 0 aromatic heterocycles. The van der Waals surface area contributed by atoms with Gasteiger partial charge in [0.1, 0.15) is 196 Å². The number of ether oxygens (including phenoxy) is 16. The highest BCUT2D eigenvalue weighted by Gasteiger charge is 2.63. The number of aliphatic carboxylic acids is 1. The first kappa shape index (κ1) is 95.7. The SMILES string of the molecule is CC(=O)N[C@H]1[C@H](O[C@H]2[C@@H](O)[C@@H](CO)O[C@@H](O[C@H]3[C@H](O)[C@@H](O)[C@H](OC[C@@H](CO)NC=O)O[C@@H]3CO)[C@@H]2O)O[C@H](CO)[C@@H](O[C@@H]2O[C@H](CO[C@@H]3O[C@H](CO)[C@@H](O)[C@H](O)[C@H]3NC(C)=O)[C@H](O)[C@H](O[C@@H]3O[C@H](CO)[C@@H](O[C@@H]4O[C@H](CO)[C@H](O)[C@H](O[C@]5(C(=O)O)C[C@H](O)[C@@H](NC(=O)CO)[C@H]([C@H](O)[C@H](O)CO)O5)[C@H]4O)[C@H](O)[C@H]3NC(C)=O)[C@H]2O)[C@@H]1O. The first-order chi connectivity index (χ1) is 54.4. The largest absolute Gasteiger partial charge is 0.477 e. The fourth-order valence-corrected chi connectivity index (χ4v) is 14.3. The molecule has 0 aromatic carbocycles. The van der Waals surface area contributed by atoms with Gasteiger partial charge in [0.15, 0.2) is 44.0 Å². The van der Waals surface area contributed by atoms with Crippen molar-refractivity contribution in [2.75, 3.05) is 72.7 Å². The molecule has 0 aliphatic carbocycles. The molecule has 8 aliphatic rings. The predicted molar refractivity (Wildman–Crippen MR) is 353 cm³/mol. The van der Waals surface area contributed by atoms with E-state index in [0.717, 1.165) is 20.8 Å². The van der Waals surface area contributed by atoms with E-state index in [1.54, 1.807) is 0 Å². The lowest BCUT2D eigenvalue weighted by molar-refractivity contribution is -0.393. The molecule has 8 saturated heterocycles. The standard InChI is InChI=1S/C63H105N5O47/c1-17(79)65-32-40(90)36(86)23(7-71)102-55(32)101-15-29-39(89)53(113-57-34(67-19(3)81)42(92)49(27(11-75)106-57)110-61-47(97)54(38(88)25(9-73)104-61)115-63(62(98)99)4-21(82)31(68-30(84)13-77)51(114-63)35(85)22(83)6-70)46(96)60(108-29)109-48-26(10-74)105-56(33(41(48)91)66-18(2)80)112-52-37(87)24(8-72)103-59(45(52)95)111-50-28(12-76)107-58(44(94)43(50)93)100-14-20(5-69)64-16-78/h16,20-29,31-61,69-77,82-83,85-97H,4-15H2,1-3H3,(H,64,78)(H,65,79)(H,66,80)(H,67,81)(H,68,84)(H,98,99)/t20-,21+,22-,23-,24-,25-,26-,27-,28-,29-,31-,32-,33-,34-,35-,36-,37+,38+,39+,40-,41-,42-,43-,44-,45-,46-,47-,48-,49-,50-,51-,52+,53+,54+,55-,56+,57+,58-,59+,60+,61+,63+/m1/s1. The van der Waals surface area contributed by atoms with Crippen LogP contribution >= 0.6 is 0 Å². The Balaban J connectivity index is 1.07. The average Bonchev–Trinajstić information content (AvgIpc) is 1.08. The van der Waals surface area contributed by atoms with Gasteiger partial charge >= 0.3 is 5.97 Å². The topological polar surface area (TPSA) is 816 Å². The molecule has 0 spiro atoms. The van der Waals surface area contributed by atoms with Gasteiger partial charge in [-0.1, -0.05) is 0 Å². The van der Waals surface area contributed by atoms with Crippen LogP contribution in [0.3, 0.4) is 0 Å². The Morgan fingerprint density at radius 1 is 0.417 bits per heavy atom. The summed E-state index contributed by atoms with van der Waals surface area (Å²) in [6.45, 7) is -8.74. The van der Waals surface area contributed by atoms with Crippen LogP contribution in [-0.2, 0) is 105 Å². The van der Waals surface area contributed by atoms with Crippen molar-refractivity contribution in [3.05, 3.63) is 0 Å². The van der Waals surface area contributed by atoms with E-state index in [1.807, 2.05) is 0 Å². The van der Waals surface area contributed by atoms with Crippen molar-refractivity contribution in [2.24, 2.45) is 0 Å². The fourth-order valence-electron chi connectivity index (χ4n) is 14.3. The molecule has 5 amide bonds. The lowest BCUT2D eigenvalue weighted by Crippen LogP contribution is -2.71. The molecule has 8 rings (SSSR count). The van der Waals surface area contributed by atoms with Crippen LogP contribution < -0.4 is 26.6 Å². The zero-order valence-corrected chi connectivity index (χ0v) is 61.4. The maximum absolute atomic E-state index is 13.3. The van der Waals surface area contributed by atoms with Gasteiger partial charge in [0, 0.05) is 27.2 Å². The van der Waals surface area contributed by atoms with E-state index < -0.39 is 366 Å². The van der Waals surface area contributed by atoms with Crippen molar-refractivity contribution in [2.45, 2.75) is 284 Å². The van der Waals surface area contributed by atoms with Crippen molar-refractivity contribution in [3.63, 3.8) is 0 Å². The number of aliphatic hydroxyl groups excluding tert-OH is 24. The van der Waals surface area contributed by atoms with E-state index in [1.165, 1.54) is 0 Å². The number of carboxylic acids is 1. The molecule has 115 heavy (non-hydrogen) atoms. The molecular weight excluding hydrogens is 1580 g/mol. The van der Waals surface area contributed by atoms with Gasteiger partial charge in [-0.15, -0.1) is 0 Å². The first-order valence-electron chi connectivity index (χ1n) is 36.1. The van der Waals surface area contributed by atoms with Crippen LogP contribution in [0.4, 0.5) is 0 Å². The molecule has 8 aliphatic heterocycles. The number of carbonyl (C=O) groups is 6. The second-order valence-electron chi connectivity index (χ2n) is 28.3. The highest BCUT2D eigenvalue weighted by atomic mass is 16.8. The number of aliphatic hydroxyl groups is 24. The van der Waals surface area contributed by atoms with Crippen molar-refractivity contribution in [3.8, 4) is 0 Å². The Morgan fingerprint density at radius 3 is 1.23 bits per heavy atom. The van der Waals surface area contributed by atoms with Crippen LogP contribution in [0.25, 0.3) is 0 Å². The minimum absolute atomic E-state index is 0.243. The number of hydrogen-bond donors (Lipinski definition) is 30. The molecule has 52 nitrogen and oxygen atoms in total. The maximum atomic E-state index is 13.3. The van der Waals surface area contributed by atoms with Gasteiger partial charge in [0.05, 0.1) is 84.3 Å². The number of rotatable bonds is 36. The minimum Gasteiger partial charge on any atom is -0.477 e. The summed E-state index contributed by atoms with van der Waals surface area (Å²) >= 11 is 0. The summed E-state index contributed by atoms with van der Waals surface area (Å²) in [6, 6.07) is -8.71. The summed E-state index contributed by atoms with van der Waals surface area (Å²) in [5, 5.41) is 287. The fraction of sp³-hybridized carbons (Fsp3) is 0.905. The zero-order chi connectivity index (χ0) is 85.1. The van der Waals surface area contributed by atoms with Crippen molar-refractivity contribution >= 4 is 36.0 Å². The van der Waals surface area contributed by atoms with Crippen molar-refractivity contribution in [1.29, 1.82) is 0 Å². The van der Waals surface area contributed by atoms with Crippen LogP contribution in [0.1, 0.15) is 27.2 Å². The first-order valence-corrected chi connectivity index (χ1v) is 36.1. The van der Waals surface area contributed by atoms with Crippen LogP contribution in [0, 0.1) is 0 Å². The van der Waals surface area contributed by atoms with Gasteiger partial charge in [0.2, 0.25) is 30.0 Å². The highest BCUT2D eigenvalue weighted by Crippen LogP contribution is 2.41. The second kappa shape index (κ2) is 42.6. The van der Waals surface area contributed by atoms with Gasteiger partial charge < -0.3 is 230 Å². The van der Waals surface area contributed by atoms with Crippen LogP contribution in [0.2, 0.25) is 0 Å². The van der Waals surface area contributed by atoms with E-state index >= 15 is 0 Å². The van der Waals surface area contributed by atoms with Crippen LogP contribution in [0.5, 0.6) is 0 Å². The quantitative estimate of drug-likeness (QED) is 0.0259. The Hall–Kier alpha value is -4.78. The molecule has 0 saturated carbocycles. The summed E-state index contributed by atoms with van der Waals surface area (Å²) < 4.78 is 93.6. The minimum atomic E-state index is -3.36. The number of carbonyl (C=O) groups excluding carboxylic acids is 5. The van der Waals surface area contributed by atoms with Gasteiger partial charge in [-0.3, -0.25) is 24.0 Å². The smallest absolute Gasteiger partial charge is 0.364 e. The van der Waals surface area contributed by atoms with Crippen LogP contribution in [0.15, 0.2) is 0 Å². The van der Waals surface area contributed by atoms with E-state index in [4.69, 9.17) is 75.8 Å². The molecule has 0 unspecified atom stereocenters. The van der Waals surface area contributed by atoms with Crippen LogP contribution in [-0.4, -0.2) is 493 Å². The summed E-state index contributed by atoms with van der Waals surface area (Å²) in [7, 11) is 0. The third-order valence-electron chi connectivity index (χ3n) is 20.3. The molecule has 0 radical (unpaired) electrons. The highest BCUT2D eigenvalue weighted by molar-refractivity contribution is 5.78. The third kappa shape index (κ3) is 21.9. The second-order valence-corrected chi connectivity index (χ2v) is 28.3. The number of carboxylic acid groups (broad SMARTS) is 1. The molecule has 0 bridgehead atoms. The zero-order valence-electron chi connectivity index (χ0n) is 61.4. The Labute approximate surface area is 650 Å². The lowest BCUT2D eigenvalue weighted by atomic mass is 9.88. The monoisotopic (exact) mass is 1680 g/mol. The third-order valence-corrected chi connectivity index (χ3v) is 20.3. The maximum Gasteiger partial charge on any atom is 0.364 e. The summed E-state index contributed by atoms with van der Waals surface area (Å²) in [5.74, 6) is -9.64. The predicted octanol–water partition coefficient (Wildman–Crippen LogP) is -20.6. The van der Waals surface area contributed by atoms with E-state index in [-0.39, 0.29) is 6.41 Å². The molecular formula is C63H105N5O47. The molecule has 42 atom stereocenters. The average molecular weight is 1680 g/mol. The molecule has 52 heteroatoms. The van der Waals surface area contributed by atoms with Gasteiger partial charge in [-0.2, -0.15) is 0 Å². The van der Waals surface area contributed by atoms with Gasteiger partial charge in [0.25, 0.3) is 5.79 Å². The summed E-state index contributed by atoms with van der Waals surface area (Å²) in [4.78, 5) is 75.2. The number of hydrogen-bond acceptors (Lipinski definition) is 46. The number of amides is 5. The Bertz CT molecular complexity index is 3080. The summed E-state index contributed by atoms with van der Waals surface area (Å²) in [5.41, 5.74) is 0. The Morgan fingerprint density at radius 2 is 0.809 bits per heavy atom. The van der Waals surface area contributed by atoms with Gasteiger partial charge in [-0.25, -0.2) is 4.79 Å². The molecule has 8 fully saturated rings. The Kier molecular flexibility index (Phi) is 35.5. The number of nitrogens with one attached hydrogen (secondary N) is 5. The van der Waals surface area contributed by atoms with E-state index in [0.29, 0.717) is 0 Å². The molecule has 664 valence electrons. The molecule has 8 heterocycles. The van der Waals surface area contributed by atoms with Crippen molar-refractivity contribution < 1.29 is 232 Å². The molecule has 30 N–H and O–H groups in total. The summed E-state index contributed by atoms with van der Waals surface area (Å²) in [6.07, 6.45) is -78.2. The normalized spacial score (nSPS) is 44.7. The van der Waals surface area contributed by atoms with Gasteiger partial charge in [-0.05, 0) is 0 Å².